The van der Waals surface area contributed by atoms with Crippen molar-refractivity contribution < 1.29 is 9.94 Å². The lowest BCUT2D eigenvalue weighted by Gasteiger charge is -2.38. The van der Waals surface area contributed by atoms with Crippen molar-refractivity contribution in [2.75, 3.05) is 13.2 Å². The van der Waals surface area contributed by atoms with E-state index < -0.39 is 5.72 Å². The van der Waals surface area contributed by atoms with E-state index in [1.807, 2.05) is 43.7 Å². The molecule has 6 heteroatoms. The average molecular weight is 429 g/mol. The molecule has 0 radical (unpaired) electrons. The third-order valence-corrected chi connectivity index (χ3v) is 6.36. The Bertz CT molecular complexity index is 1210. The quantitative estimate of drug-likeness (QED) is 0.666. The molecule has 164 valence electrons. The first-order valence-electron chi connectivity index (χ1n) is 11.0. The Morgan fingerprint density at radius 2 is 1.94 bits per heavy atom. The van der Waals surface area contributed by atoms with Crippen LogP contribution in [0.1, 0.15) is 40.8 Å². The van der Waals surface area contributed by atoms with Crippen molar-refractivity contribution >= 4 is 11.9 Å². The Labute approximate surface area is 188 Å². The lowest BCUT2D eigenvalue weighted by Crippen LogP contribution is -2.51. The molecule has 2 aliphatic rings. The van der Waals surface area contributed by atoms with Crippen LogP contribution in [0.4, 0.5) is 0 Å². The summed E-state index contributed by atoms with van der Waals surface area (Å²) in [6, 6.07) is 14.6. The van der Waals surface area contributed by atoms with E-state index in [9.17, 15) is 5.11 Å². The molecule has 0 amide bonds. The zero-order valence-electron chi connectivity index (χ0n) is 18.7. The van der Waals surface area contributed by atoms with Crippen molar-refractivity contribution in [3.8, 4) is 5.69 Å². The summed E-state index contributed by atoms with van der Waals surface area (Å²) >= 11 is 0. The van der Waals surface area contributed by atoms with Gasteiger partial charge in [0, 0.05) is 24.0 Å². The summed E-state index contributed by atoms with van der Waals surface area (Å²) in [5, 5.41) is 14.8. The van der Waals surface area contributed by atoms with Gasteiger partial charge in [0.05, 0.1) is 12.0 Å². The van der Waals surface area contributed by atoms with Gasteiger partial charge in [0.15, 0.2) is 5.84 Å². The van der Waals surface area contributed by atoms with E-state index in [1.165, 1.54) is 11.1 Å². The Morgan fingerprint density at radius 1 is 1.12 bits per heavy atom. The van der Waals surface area contributed by atoms with Crippen LogP contribution in [0.25, 0.3) is 11.8 Å². The molecule has 3 aromatic rings. The molecule has 1 fully saturated rings. The van der Waals surface area contributed by atoms with Crippen molar-refractivity contribution in [1.29, 1.82) is 0 Å². The summed E-state index contributed by atoms with van der Waals surface area (Å²) < 4.78 is 2.05. The molecule has 6 nitrogen and oxygen atoms in total. The van der Waals surface area contributed by atoms with Crippen LogP contribution in [0.2, 0.25) is 0 Å². The number of oxime groups is 1. The monoisotopic (exact) mass is 428 g/mol. The highest BCUT2D eigenvalue weighted by atomic mass is 16.7. The fourth-order valence-electron chi connectivity index (χ4n) is 4.62. The highest BCUT2D eigenvalue weighted by molar-refractivity contribution is 6.03. The molecule has 0 saturated carbocycles. The zero-order chi connectivity index (χ0) is 22.3. The Balaban J connectivity index is 1.45. The maximum Gasteiger partial charge on any atom is 0.260 e. The Hall–Kier alpha value is -3.38. The second-order valence-corrected chi connectivity index (χ2v) is 8.71. The van der Waals surface area contributed by atoms with Gasteiger partial charge in [-0.05, 0) is 68.5 Å². The molecular weight excluding hydrogens is 400 g/mol. The molecule has 1 aromatic heterocycles. The third kappa shape index (κ3) is 3.41. The maximum absolute atomic E-state index is 10.4. The van der Waals surface area contributed by atoms with Gasteiger partial charge in [-0.1, -0.05) is 41.1 Å². The van der Waals surface area contributed by atoms with E-state index in [2.05, 4.69) is 57.7 Å². The summed E-state index contributed by atoms with van der Waals surface area (Å²) in [6.45, 7) is 6.80. The second-order valence-electron chi connectivity index (χ2n) is 8.71. The van der Waals surface area contributed by atoms with Gasteiger partial charge >= 0.3 is 0 Å². The van der Waals surface area contributed by atoms with E-state index in [0.717, 1.165) is 53.3 Å². The molecule has 5 rings (SSSR count). The average Bonchev–Trinajstić information content (AvgIpc) is 3.39. The van der Waals surface area contributed by atoms with Gasteiger partial charge in [-0.2, -0.15) is 0 Å². The van der Waals surface area contributed by atoms with Gasteiger partial charge in [0.1, 0.15) is 6.61 Å². The molecule has 1 saturated heterocycles. The fraction of sp³-hybridized carbons (Fsp3) is 0.308. The van der Waals surface area contributed by atoms with Crippen LogP contribution in [0, 0.1) is 20.8 Å². The number of hydrogen-bond acceptors (Lipinski definition) is 5. The smallest absolute Gasteiger partial charge is 0.260 e. The minimum Gasteiger partial charge on any atom is -0.390 e. The van der Waals surface area contributed by atoms with Crippen molar-refractivity contribution in [2.45, 2.75) is 39.3 Å². The Morgan fingerprint density at radius 3 is 2.62 bits per heavy atom. The van der Waals surface area contributed by atoms with Gasteiger partial charge in [-0.3, -0.25) is 0 Å². The van der Waals surface area contributed by atoms with Crippen LogP contribution in [0.3, 0.4) is 0 Å². The Kier molecular flexibility index (Phi) is 5.10. The van der Waals surface area contributed by atoms with Crippen LogP contribution in [-0.2, 0) is 10.6 Å². The van der Waals surface area contributed by atoms with Crippen LogP contribution in [0.5, 0.6) is 0 Å². The van der Waals surface area contributed by atoms with Gasteiger partial charge < -0.3 is 19.4 Å². The number of nitrogens with zero attached hydrogens (tertiary/aromatic N) is 4. The summed E-state index contributed by atoms with van der Waals surface area (Å²) in [5.74, 6) is 0.817. The summed E-state index contributed by atoms with van der Waals surface area (Å²) in [5.41, 5.74) is 6.69. The van der Waals surface area contributed by atoms with E-state index in [0.29, 0.717) is 0 Å². The minimum atomic E-state index is -0.957. The first-order valence-corrected chi connectivity index (χ1v) is 11.0. The number of rotatable bonds is 4. The summed E-state index contributed by atoms with van der Waals surface area (Å²) in [6.07, 6.45) is 7.97. The summed E-state index contributed by atoms with van der Waals surface area (Å²) in [4.78, 5) is 12.4. The number of imidazole rings is 1. The number of hydrogen-bond donors (Lipinski definition) is 1. The largest absolute Gasteiger partial charge is 0.390 e. The predicted molar refractivity (Wildman–Crippen MR) is 125 cm³/mol. The number of benzene rings is 2. The van der Waals surface area contributed by atoms with Crippen LogP contribution < -0.4 is 0 Å². The SMILES string of the molecule is Cc1ccc(C2(CO)ON=C3/C(=C/c4ccc(-n5cnc(C)c5)c(C)c4)CCCN32)cc1. The lowest BCUT2D eigenvalue weighted by molar-refractivity contribution is -0.137. The molecule has 0 spiro atoms. The molecule has 1 unspecified atom stereocenters. The second kappa shape index (κ2) is 7.95. The van der Waals surface area contributed by atoms with E-state index in [-0.39, 0.29) is 6.61 Å². The molecule has 1 atom stereocenters. The van der Waals surface area contributed by atoms with Crippen molar-refractivity contribution in [2.24, 2.45) is 5.16 Å². The molecule has 1 N–H and O–H groups in total. The van der Waals surface area contributed by atoms with Crippen molar-refractivity contribution in [1.82, 2.24) is 14.5 Å². The topological polar surface area (TPSA) is 62.9 Å². The predicted octanol–water partition coefficient (Wildman–Crippen LogP) is 4.47. The number of fused-ring (bicyclic) bond motifs is 1. The molecule has 2 aromatic carbocycles. The standard InChI is InChI=1S/C26H28N4O2/c1-18-6-9-23(10-7-18)26(16-31)30-12-4-5-22(25(30)28-32-26)14-21-8-11-24(19(2)13-21)29-15-20(3)27-17-29/h6-11,13-15,17,31H,4-5,12,16H2,1-3H3/b22-14+. The van der Waals surface area contributed by atoms with E-state index >= 15 is 0 Å². The first kappa shape index (κ1) is 20.5. The van der Waals surface area contributed by atoms with Gasteiger partial charge in [-0.15, -0.1) is 0 Å². The summed E-state index contributed by atoms with van der Waals surface area (Å²) in [7, 11) is 0. The molecular formula is C26H28N4O2. The number of aromatic nitrogens is 2. The minimum absolute atomic E-state index is 0.158. The number of amidine groups is 1. The third-order valence-electron chi connectivity index (χ3n) is 6.36. The number of piperidine rings is 1. The molecule has 0 bridgehead atoms. The highest BCUT2D eigenvalue weighted by Crippen LogP contribution is 2.40. The van der Waals surface area contributed by atoms with Crippen LogP contribution >= 0.6 is 0 Å². The van der Waals surface area contributed by atoms with E-state index in [4.69, 9.17) is 4.84 Å². The molecule has 0 aliphatic carbocycles. The molecule has 32 heavy (non-hydrogen) atoms. The van der Waals surface area contributed by atoms with Gasteiger partial charge in [0.2, 0.25) is 0 Å². The highest BCUT2D eigenvalue weighted by Gasteiger charge is 2.49. The number of aryl methyl sites for hydroxylation is 3. The van der Waals surface area contributed by atoms with Gasteiger partial charge in [-0.25, -0.2) is 4.98 Å². The van der Waals surface area contributed by atoms with Crippen molar-refractivity contribution in [3.63, 3.8) is 0 Å². The first-order chi connectivity index (χ1) is 15.5. The molecule has 2 aliphatic heterocycles. The normalized spacial score (nSPS) is 21.4. The molecule has 3 heterocycles. The lowest BCUT2D eigenvalue weighted by atomic mass is 9.94. The number of aliphatic hydroxyl groups excluding tert-OH is 1. The van der Waals surface area contributed by atoms with Gasteiger partial charge in [0.25, 0.3) is 5.72 Å². The maximum atomic E-state index is 10.4. The fourth-order valence-corrected chi connectivity index (χ4v) is 4.62. The van der Waals surface area contributed by atoms with Crippen LogP contribution in [0.15, 0.2) is 65.7 Å². The van der Waals surface area contributed by atoms with Crippen molar-refractivity contribution in [3.05, 3.63) is 88.5 Å². The zero-order valence-corrected chi connectivity index (χ0v) is 18.7. The number of aliphatic hydroxyl groups is 1. The van der Waals surface area contributed by atoms with Crippen LogP contribution in [-0.4, -0.2) is 38.5 Å². The van der Waals surface area contributed by atoms with E-state index in [1.54, 1.807) is 0 Å².